The Morgan fingerprint density at radius 1 is 1.25 bits per heavy atom. The van der Waals surface area contributed by atoms with Gasteiger partial charge in [-0.2, -0.15) is 0 Å². The molecule has 0 fully saturated rings. The highest BCUT2D eigenvalue weighted by Gasteiger charge is 2.18. The molecule has 0 radical (unpaired) electrons. The molecule has 1 aromatic carbocycles. The second kappa shape index (κ2) is 5.33. The van der Waals surface area contributed by atoms with Crippen LogP contribution in [0.15, 0.2) is 41.8 Å². The number of nitrogens with zero attached hydrogens (tertiary/aromatic N) is 2. The first-order valence-electron chi connectivity index (χ1n) is 6.64. The molecule has 2 aromatic rings. The first kappa shape index (κ1) is 12.7. The number of rotatable bonds is 3. The maximum absolute atomic E-state index is 8.91. The van der Waals surface area contributed by atoms with E-state index in [9.17, 15) is 0 Å². The van der Waals surface area contributed by atoms with Crippen molar-refractivity contribution in [2.24, 2.45) is 5.16 Å². The van der Waals surface area contributed by atoms with Crippen molar-refractivity contribution in [1.29, 1.82) is 0 Å². The van der Waals surface area contributed by atoms with Gasteiger partial charge in [0.15, 0.2) is 0 Å². The summed E-state index contributed by atoms with van der Waals surface area (Å²) < 4.78 is 5.80. The number of hydrogen-bond acceptors (Lipinski definition) is 4. The third-order valence-corrected chi connectivity index (χ3v) is 3.48. The number of oxime groups is 1. The van der Waals surface area contributed by atoms with Crippen LogP contribution in [0.5, 0.6) is 5.75 Å². The molecule has 102 valence electrons. The highest BCUT2D eigenvalue weighted by molar-refractivity contribution is 6.04. The molecule has 0 amide bonds. The third kappa shape index (κ3) is 2.50. The molecule has 0 bridgehead atoms. The molecule has 0 aliphatic heterocycles. The van der Waals surface area contributed by atoms with Crippen molar-refractivity contribution in [3.63, 3.8) is 0 Å². The van der Waals surface area contributed by atoms with Gasteiger partial charge in [-0.05, 0) is 55.2 Å². The summed E-state index contributed by atoms with van der Waals surface area (Å²) >= 11 is 0. The average molecular weight is 268 g/mol. The van der Waals surface area contributed by atoms with Crippen molar-refractivity contribution in [1.82, 2.24) is 4.98 Å². The molecular weight excluding hydrogens is 252 g/mol. The maximum Gasteiger partial charge on any atom is 0.120 e. The largest absolute Gasteiger partial charge is 0.489 e. The minimum Gasteiger partial charge on any atom is -0.489 e. The summed E-state index contributed by atoms with van der Waals surface area (Å²) in [7, 11) is 0. The van der Waals surface area contributed by atoms with E-state index in [4.69, 9.17) is 9.94 Å². The minimum absolute atomic E-state index is 0.508. The second-order valence-electron chi connectivity index (χ2n) is 5.02. The number of aryl methyl sites for hydroxylation is 2. The van der Waals surface area contributed by atoms with E-state index >= 15 is 0 Å². The SMILES string of the molecule is Cc1cncc(COc2ccc3c(c2)CC/C3=N\O)c1. The summed E-state index contributed by atoms with van der Waals surface area (Å²) in [5.74, 6) is 0.837. The van der Waals surface area contributed by atoms with Gasteiger partial charge in [-0.25, -0.2) is 0 Å². The zero-order valence-corrected chi connectivity index (χ0v) is 11.3. The highest BCUT2D eigenvalue weighted by atomic mass is 16.5. The summed E-state index contributed by atoms with van der Waals surface area (Å²) in [6.07, 6.45) is 5.33. The summed E-state index contributed by atoms with van der Waals surface area (Å²) in [5, 5.41) is 12.2. The molecule has 1 aliphatic rings. The lowest BCUT2D eigenvalue weighted by atomic mass is 10.1. The van der Waals surface area contributed by atoms with E-state index in [-0.39, 0.29) is 0 Å². The smallest absolute Gasteiger partial charge is 0.120 e. The zero-order valence-electron chi connectivity index (χ0n) is 11.3. The summed E-state index contributed by atoms with van der Waals surface area (Å²) in [6, 6.07) is 7.97. The van der Waals surface area contributed by atoms with Gasteiger partial charge in [0.1, 0.15) is 12.4 Å². The first-order valence-corrected chi connectivity index (χ1v) is 6.64. The molecule has 0 saturated heterocycles. The van der Waals surface area contributed by atoms with Gasteiger partial charge in [-0.1, -0.05) is 5.16 Å². The zero-order chi connectivity index (χ0) is 13.9. The predicted octanol–water partition coefficient (Wildman–Crippen LogP) is 3.09. The number of ether oxygens (including phenoxy) is 1. The molecule has 4 nitrogen and oxygen atoms in total. The van der Waals surface area contributed by atoms with E-state index in [1.807, 2.05) is 37.5 Å². The lowest BCUT2D eigenvalue weighted by Gasteiger charge is -2.08. The van der Waals surface area contributed by atoms with E-state index in [1.165, 1.54) is 5.56 Å². The Morgan fingerprint density at radius 2 is 2.15 bits per heavy atom. The molecule has 3 rings (SSSR count). The van der Waals surface area contributed by atoms with Crippen LogP contribution in [0.1, 0.15) is 28.7 Å². The van der Waals surface area contributed by atoms with Gasteiger partial charge in [0.2, 0.25) is 0 Å². The van der Waals surface area contributed by atoms with E-state index < -0.39 is 0 Å². The van der Waals surface area contributed by atoms with Gasteiger partial charge in [0.25, 0.3) is 0 Å². The molecule has 4 heteroatoms. The van der Waals surface area contributed by atoms with Crippen LogP contribution in [0, 0.1) is 6.92 Å². The van der Waals surface area contributed by atoms with Crippen molar-refractivity contribution >= 4 is 5.71 Å². The third-order valence-electron chi connectivity index (χ3n) is 3.48. The summed E-state index contributed by atoms with van der Waals surface area (Å²) in [6.45, 7) is 2.52. The fraction of sp³-hybridized carbons (Fsp3) is 0.250. The monoisotopic (exact) mass is 268 g/mol. The van der Waals surface area contributed by atoms with Crippen molar-refractivity contribution in [3.05, 3.63) is 58.9 Å². The predicted molar refractivity (Wildman–Crippen MR) is 76.4 cm³/mol. The van der Waals surface area contributed by atoms with Crippen LogP contribution in [0.4, 0.5) is 0 Å². The minimum atomic E-state index is 0.508. The van der Waals surface area contributed by atoms with Gasteiger partial charge in [-0.3, -0.25) is 4.98 Å². The van der Waals surface area contributed by atoms with E-state index in [0.29, 0.717) is 6.61 Å². The number of aromatic nitrogens is 1. The van der Waals surface area contributed by atoms with Crippen LogP contribution in [-0.4, -0.2) is 15.9 Å². The summed E-state index contributed by atoms with van der Waals surface area (Å²) in [4.78, 5) is 4.15. The van der Waals surface area contributed by atoms with Crippen LogP contribution >= 0.6 is 0 Å². The molecule has 1 aromatic heterocycles. The van der Waals surface area contributed by atoms with Gasteiger partial charge in [0.05, 0.1) is 5.71 Å². The molecule has 1 heterocycles. The number of fused-ring (bicyclic) bond motifs is 1. The van der Waals surface area contributed by atoms with Gasteiger partial charge >= 0.3 is 0 Å². The van der Waals surface area contributed by atoms with Crippen LogP contribution in [0.25, 0.3) is 0 Å². The second-order valence-corrected chi connectivity index (χ2v) is 5.02. The first-order chi connectivity index (χ1) is 9.76. The van der Waals surface area contributed by atoms with Crippen molar-refractivity contribution in [3.8, 4) is 5.75 Å². The van der Waals surface area contributed by atoms with Crippen molar-refractivity contribution in [2.75, 3.05) is 0 Å². The van der Waals surface area contributed by atoms with Crippen LogP contribution in [-0.2, 0) is 13.0 Å². The average Bonchev–Trinajstić information content (AvgIpc) is 2.87. The molecule has 1 aliphatic carbocycles. The number of hydrogen-bond donors (Lipinski definition) is 1. The van der Waals surface area contributed by atoms with E-state index in [1.54, 1.807) is 0 Å². The Morgan fingerprint density at radius 3 is 2.95 bits per heavy atom. The van der Waals surface area contributed by atoms with Crippen LogP contribution in [0.3, 0.4) is 0 Å². The molecule has 1 N–H and O–H groups in total. The quantitative estimate of drug-likeness (QED) is 0.687. The number of benzene rings is 1. The maximum atomic E-state index is 8.91. The molecule has 0 unspecified atom stereocenters. The Bertz CT molecular complexity index is 665. The molecule has 20 heavy (non-hydrogen) atoms. The molecular formula is C16H16N2O2. The van der Waals surface area contributed by atoms with Crippen LogP contribution in [0.2, 0.25) is 0 Å². The fourth-order valence-electron chi connectivity index (χ4n) is 2.50. The number of pyridine rings is 1. The standard InChI is InChI=1S/C16H16N2O2/c1-11-6-12(9-17-8-11)10-20-14-3-4-15-13(7-14)2-5-16(15)18-19/h3-4,6-9,19H,2,5,10H2,1H3/b18-16+. The Labute approximate surface area is 117 Å². The van der Waals surface area contributed by atoms with Gasteiger partial charge in [-0.15, -0.1) is 0 Å². The highest BCUT2D eigenvalue weighted by Crippen LogP contribution is 2.27. The van der Waals surface area contributed by atoms with Crippen LogP contribution < -0.4 is 4.74 Å². The Kier molecular flexibility index (Phi) is 3.37. The lowest BCUT2D eigenvalue weighted by Crippen LogP contribution is -1.98. The molecule has 0 atom stereocenters. The Balaban J connectivity index is 1.73. The fourth-order valence-corrected chi connectivity index (χ4v) is 2.50. The lowest BCUT2D eigenvalue weighted by molar-refractivity contribution is 0.305. The van der Waals surface area contributed by atoms with Crippen molar-refractivity contribution in [2.45, 2.75) is 26.4 Å². The molecule has 0 spiro atoms. The Hall–Kier alpha value is -2.36. The van der Waals surface area contributed by atoms with Crippen molar-refractivity contribution < 1.29 is 9.94 Å². The normalized spacial score (nSPS) is 15.3. The summed E-state index contributed by atoms with van der Waals surface area (Å²) in [5.41, 5.74) is 5.15. The topological polar surface area (TPSA) is 54.7 Å². The molecule has 0 saturated carbocycles. The van der Waals surface area contributed by atoms with Gasteiger partial charge in [0, 0.05) is 23.5 Å². The van der Waals surface area contributed by atoms with E-state index in [2.05, 4.69) is 16.2 Å². The van der Waals surface area contributed by atoms with Gasteiger partial charge < -0.3 is 9.94 Å². The van der Waals surface area contributed by atoms with E-state index in [0.717, 1.165) is 41.0 Å².